The molecule has 1 aromatic carbocycles. The van der Waals surface area contributed by atoms with Gasteiger partial charge in [0.25, 0.3) is 0 Å². The summed E-state index contributed by atoms with van der Waals surface area (Å²) in [6.45, 7) is 1.86. The SMILES string of the molecule is OCC1CN(c2nc3ccccc3cc2-c2ncco2)CCC1NC1CCCCC1. The monoisotopic (exact) mass is 406 g/mol. The fourth-order valence-corrected chi connectivity index (χ4v) is 5.06. The van der Waals surface area contributed by atoms with E-state index in [1.54, 1.807) is 12.5 Å². The van der Waals surface area contributed by atoms with Gasteiger partial charge in [-0.25, -0.2) is 9.97 Å². The summed E-state index contributed by atoms with van der Waals surface area (Å²) in [6, 6.07) is 11.2. The zero-order valence-corrected chi connectivity index (χ0v) is 17.3. The average Bonchev–Trinajstić information content (AvgIpc) is 3.34. The van der Waals surface area contributed by atoms with E-state index in [1.165, 1.54) is 32.1 Å². The summed E-state index contributed by atoms with van der Waals surface area (Å²) in [5, 5.41) is 15.1. The van der Waals surface area contributed by atoms with Crippen LogP contribution in [0.3, 0.4) is 0 Å². The van der Waals surface area contributed by atoms with E-state index >= 15 is 0 Å². The molecule has 1 saturated heterocycles. The van der Waals surface area contributed by atoms with Crippen molar-refractivity contribution in [2.45, 2.75) is 50.6 Å². The lowest BCUT2D eigenvalue weighted by Crippen LogP contribution is -2.53. The average molecular weight is 407 g/mol. The molecule has 2 atom stereocenters. The van der Waals surface area contributed by atoms with E-state index in [9.17, 15) is 5.11 Å². The standard InChI is InChI=1S/C24H30N4O2/c29-16-18-15-28(12-10-22(18)26-19-7-2-1-3-8-19)23-20(24-25-11-13-30-24)14-17-6-4-5-9-21(17)27-23/h4-6,9,11,13-14,18-19,22,26,29H,1-3,7-8,10,12,15-16H2. The molecule has 0 bridgehead atoms. The van der Waals surface area contributed by atoms with Crippen LogP contribution in [0.2, 0.25) is 0 Å². The Bertz CT molecular complexity index is 969. The Morgan fingerprint density at radius 2 is 2.00 bits per heavy atom. The summed E-state index contributed by atoms with van der Waals surface area (Å²) in [7, 11) is 0. The van der Waals surface area contributed by atoms with Crippen LogP contribution in [0.4, 0.5) is 5.82 Å². The molecule has 1 aliphatic heterocycles. The lowest BCUT2D eigenvalue weighted by molar-refractivity contribution is 0.160. The maximum Gasteiger partial charge on any atom is 0.229 e. The van der Waals surface area contributed by atoms with E-state index in [1.807, 2.05) is 18.2 Å². The van der Waals surface area contributed by atoms with Crippen molar-refractivity contribution in [3.63, 3.8) is 0 Å². The van der Waals surface area contributed by atoms with Gasteiger partial charge in [0.15, 0.2) is 0 Å². The van der Waals surface area contributed by atoms with Crippen molar-refractivity contribution in [3.05, 3.63) is 42.8 Å². The molecule has 2 fully saturated rings. The molecule has 3 aromatic rings. The van der Waals surface area contributed by atoms with Gasteiger partial charge in [0, 0.05) is 43.1 Å². The number of fused-ring (bicyclic) bond motifs is 1. The minimum atomic E-state index is 0.183. The van der Waals surface area contributed by atoms with Gasteiger partial charge in [0.1, 0.15) is 12.1 Å². The lowest BCUT2D eigenvalue weighted by Gasteiger charge is -2.41. The Kier molecular flexibility index (Phi) is 5.69. The van der Waals surface area contributed by atoms with Gasteiger partial charge in [-0.1, -0.05) is 37.5 Å². The van der Waals surface area contributed by atoms with Gasteiger partial charge in [0.05, 0.1) is 17.3 Å². The molecule has 6 heteroatoms. The number of oxazole rings is 1. The molecule has 5 rings (SSSR count). The Morgan fingerprint density at radius 3 is 2.80 bits per heavy atom. The highest BCUT2D eigenvalue weighted by Gasteiger charge is 2.32. The van der Waals surface area contributed by atoms with Gasteiger partial charge < -0.3 is 19.7 Å². The highest BCUT2D eigenvalue weighted by Crippen LogP contribution is 2.34. The molecule has 2 aliphatic rings. The number of hydrogen-bond acceptors (Lipinski definition) is 6. The highest BCUT2D eigenvalue weighted by atomic mass is 16.3. The van der Waals surface area contributed by atoms with Crippen LogP contribution in [0.1, 0.15) is 38.5 Å². The third kappa shape index (κ3) is 3.94. The number of nitrogens with one attached hydrogen (secondary N) is 1. The van der Waals surface area contributed by atoms with Crippen LogP contribution in [-0.2, 0) is 0 Å². The van der Waals surface area contributed by atoms with Crippen LogP contribution >= 0.6 is 0 Å². The number of aliphatic hydroxyl groups excluding tert-OH is 1. The topological polar surface area (TPSA) is 74.4 Å². The quantitative estimate of drug-likeness (QED) is 0.667. The van der Waals surface area contributed by atoms with Crippen LogP contribution in [-0.4, -0.2) is 46.9 Å². The number of rotatable bonds is 5. The maximum absolute atomic E-state index is 10.2. The number of aliphatic hydroxyl groups is 1. The first-order valence-electron chi connectivity index (χ1n) is 11.2. The largest absolute Gasteiger partial charge is 0.444 e. The molecule has 158 valence electrons. The molecule has 0 spiro atoms. The summed E-state index contributed by atoms with van der Waals surface area (Å²) in [5.74, 6) is 1.67. The van der Waals surface area contributed by atoms with Gasteiger partial charge >= 0.3 is 0 Å². The third-order valence-electron chi connectivity index (χ3n) is 6.69. The molecule has 3 heterocycles. The molecule has 1 saturated carbocycles. The first-order valence-corrected chi connectivity index (χ1v) is 11.2. The van der Waals surface area contributed by atoms with Crippen molar-refractivity contribution < 1.29 is 9.52 Å². The number of aromatic nitrogens is 2. The van der Waals surface area contributed by atoms with Gasteiger partial charge in [-0.2, -0.15) is 0 Å². The predicted octanol–water partition coefficient (Wildman–Crippen LogP) is 4.00. The molecular weight excluding hydrogens is 376 g/mol. The zero-order valence-electron chi connectivity index (χ0n) is 17.3. The summed E-state index contributed by atoms with van der Waals surface area (Å²) in [6.07, 6.45) is 10.8. The number of hydrogen-bond donors (Lipinski definition) is 2. The number of benzene rings is 1. The fourth-order valence-electron chi connectivity index (χ4n) is 5.06. The Labute approximate surface area is 177 Å². The second-order valence-corrected chi connectivity index (χ2v) is 8.67. The molecular formula is C24H30N4O2. The van der Waals surface area contributed by atoms with E-state index in [2.05, 4.69) is 27.3 Å². The Balaban J connectivity index is 1.42. The summed E-state index contributed by atoms with van der Waals surface area (Å²) in [5.41, 5.74) is 1.87. The van der Waals surface area contributed by atoms with Crippen LogP contribution in [0.5, 0.6) is 0 Å². The van der Waals surface area contributed by atoms with E-state index < -0.39 is 0 Å². The van der Waals surface area contributed by atoms with Crippen molar-refractivity contribution >= 4 is 16.7 Å². The molecule has 1 aliphatic carbocycles. The molecule has 2 unspecified atom stereocenters. The van der Waals surface area contributed by atoms with Gasteiger partial charge in [0.2, 0.25) is 5.89 Å². The van der Waals surface area contributed by atoms with E-state index in [4.69, 9.17) is 9.40 Å². The Hall–Kier alpha value is -2.44. The minimum Gasteiger partial charge on any atom is -0.444 e. The molecule has 0 amide bonds. The second kappa shape index (κ2) is 8.74. The first-order chi connectivity index (χ1) is 14.8. The van der Waals surface area contributed by atoms with Crippen LogP contribution in [0.25, 0.3) is 22.4 Å². The summed E-state index contributed by atoms with van der Waals surface area (Å²) >= 11 is 0. The van der Waals surface area contributed by atoms with Gasteiger partial charge in [-0.3, -0.25) is 0 Å². The molecule has 30 heavy (non-hydrogen) atoms. The summed E-state index contributed by atoms with van der Waals surface area (Å²) < 4.78 is 5.64. The Morgan fingerprint density at radius 1 is 1.13 bits per heavy atom. The van der Waals surface area contributed by atoms with Gasteiger partial charge in [-0.05, 0) is 31.4 Å². The number of nitrogens with zero attached hydrogens (tertiary/aromatic N) is 3. The van der Waals surface area contributed by atoms with Crippen LogP contribution < -0.4 is 10.2 Å². The second-order valence-electron chi connectivity index (χ2n) is 8.67. The van der Waals surface area contributed by atoms with Crippen LogP contribution in [0, 0.1) is 5.92 Å². The van der Waals surface area contributed by atoms with Crippen molar-refractivity contribution in [2.24, 2.45) is 5.92 Å². The maximum atomic E-state index is 10.2. The number of para-hydroxylation sites is 1. The third-order valence-corrected chi connectivity index (χ3v) is 6.69. The first kappa shape index (κ1) is 19.5. The minimum absolute atomic E-state index is 0.183. The van der Waals surface area contributed by atoms with Crippen molar-refractivity contribution in [1.82, 2.24) is 15.3 Å². The molecule has 0 radical (unpaired) electrons. The fraction of sp³-hybridized carbons (Fsp3) is 0.500. The smallest absolute Gasteiger partial charge is 0.229 e. The van der Waals surface area contributed by atoms with Crippen molar-refractivity contribution in [1.29, 1.82) is 0 Å². The van der Waals surface area contributed by atoms with E-state index in [0.29, 0.717) is 18.0 Å². The molecule has 6 nitrogen and oxygen atoms in total. The van der Waals surface area contributed by atoms with E-state index in [0.717, 1.165) is 41.8 Å². The zero-order chi connectivity index (χ0) is 20.3. The van der Waals surface area contributed by atoms with Gasteiger partial charge in [-0.15, -0.1) is 0 Å². The van der Waals surface area contributed by atoms with Crippen molar-refractivity contribution in [3.8, 4) is 11.5 Å². The lowest BCUT2D eigenvalue weighted by atomic mass is 9.89. The molecule has 2 N–H and O–H groups in total. The number of anilines is 1. The normalized spacial score (nSPS) is 23.2. The van der Waals surface area contributed by atoms with Crippen molar-refractivity contribution in [2.75, 3.05) is 24.6 Å². The summed E-state index contributed by atoms with van der Waals surface area (Å²) in [4.78, 5) is 11.7. The molecule has 2 aromatic heterocycles. The van der Waals surface area contributed by atoms with E-state index in [-0.39, 0.29) is 12.5 Å². The predicted molar refractivity (Wildman–Crippen MR) is 118 cm³/mol. The highest BCUT2D eigenvalue weighted by molar-refractivity contribution is 5.87. The number of piperidine rings is 1. The number of pyridine rings is 1. The van der Waals surface area contributed by atoms with Crippen LogP contribution in [0.15, 0.2) is 47.2 Å².